The summed E-state index contributed by atoms with van der Waals surface area (Å²) in [4.78, 5) is 0. The van der Waals surface area contributed by atoms with Crippen LogP contribution in [0.3, 0.4) is 0 Å². The van der Waals surface area contributed by atoms with E-state index >= 15 is 0 Å². The molecule has 0 aliphatic carbocycles. The Bertz CT molecular complexity index is 570. The summed E-state index contributed by atoms with van der Waals surface area (Å²) in [7, 11) is 0. The van der Waals surface area contributed by atoms with Gasteiger partial charge in [-0.1, -0.05) is 60.5 Å². The van der Waals surface area contributed by atoms with Crippen LogP contribution in [0.5, 0.6) is 0 Å². The Labute approximate surface area is 129 Å². The number of hydrogen-bond donors (Lipinski definition) is 2. The molecule has 4 heteroatoms. The second-order valence-electron chi connectivity index (χ2n) is 4.88. The Hall–Kier alpha value is -1.38. The molecule has 0 heterocycles. The summed E-state index contributed by atoms with van der Waals surface area (Å²) < 4.78 is 0. The normalized spacial score (nSPS) is 12.2. The Balaban J connectivity index is 1.92. The van der Waals surface area contributed by atoms with Crippen LogP contribution in [0.25, 0.3) is 0 Å². The number of rotatable bonds is 5. The Kier molecular flexibility index (Phi) is 5.16. The molecule has 0 amide bonds. The minimum atomic E-state index is 0.479. The molecular weight excluding hydrogens is 291 g/mol. The van der Waals surface area contributed by atoms with E-state index in [1.807, 2.05) is 6.07 Å². The van der Waals surface area contributed by atoms with Gasteiger partial charge in [-0.25, -0.2) is 0 Å². The molecule has 0 saturated carbocycles. The minimum absolute atomic E-state index is 0.479. The molecule has 3 N–H and O–H groups in total. The van der Waals surface area contributed by atoms with Gasteiger partial charge in [-0.3, -0.25) is 0 Å². The topological polar surface area (TPSA) is 38.0 Å². The fourth-order valence-corrected chi connectivity index (χ4v) is 2.42. The second kappa shape index (κ2) is 6.87. The van der Waals surface area contributed by atoms with Crippen molar-refractivity contribution in [2.45, 2.75) is 19.3 Å². The lowest BCUT2D eigenvalue weighted by Gasteiger charge is -2.14. The molecule has 2 nitrogen and oxygen atoms in total. The van der Waals surface area contributed by atoms with E-state index in [0.29, 0.717) is 21.7 Å². The first-order valence-electron chi connectivity index (χ1n) is 6.61. The summed E-state index contributed by atoms with van der Waals surface area (Å²) in [5.74, 6) is 0.493. The van der Waals surface area contributed by atoms with Crippen LogP contribution >= 0.6 is 23.2 Å². The highest BCUT2D eigenvalue weighted by Crippen LogP contribution is 2.31. The van der Waals surface area contributed by atoms with Crippen LogP contribution in [0.15, 0.2) is 42.5 Å². The highest BCUT2D eigenvalue weighted by Gasteiger charge is 2.07. The number of hydrogen-bond acceptors (Lipinski definition) is 2. The quantitative estimate of drug-likeness (QED) is 0.747. The van der Waals surface area contributed by atoms with Crippen LogP contribution < -0.4 is 11.1 Å². The van der Waals surface area contributed by atoms with Crippen molar-refractivity contribution in [3.05, 3.63) is 58.1 Å². The molecule has 20 heavy (non-hydrogen) atoms. The van der Waals surface area contributed by atoms with Crippen LogP contribution in [0.4, 0.5) is 11.4 Å². The monoisotopic (exact) mass is 308 g/mol. The zero-order valence-electron chi connectivity index (χ0n) is 11.4. The molecule has 0 bridgehead atoms. The van der Waals surface area contributed by atoms with Crippen LogP contribution in [0.2, 0.25) is 10.0 Å². The zero-order valence-corrected chi connectivity index (χ0v) is 12.9. The SMILES string of the molecule is CC(CCNc1cc(Cl)c(Cl)cc1N)c1ccccc1. The highest BCUT2D eigenvalue weighted by atomic mass is 35.5. The van der Waals surface area contributed by atoms with Gasteiger partial charge in [0, 0.05) is 6.54 Å². The molecular formula is C16H18Cl2N2. The van der Waals surface area contributed by atoms with Gasteiger partial charge in [0.2, 0.25) is 0 Å². The number of nitrogen functional groups attached to an aromatic ring is 1. The molecule has 0 fully saturated rings. The number of nitrogens with two attached hydrogens (primary N) is 1. The highest BCUT2D eigenvalue weighted by molar-refractivity contribution is 6.42. The molecule has 2 aromatic rings. The first-order valence-corrected chi connectivity index (χ1v) is 7.37. The molecule has 0 radical (unpaired) electrons. The summed E-state index contributed by atoms with van der Waals surface area (Å²) >= 11 is 11.9. The van der Waals surface area contributed by atoms with Gasteiger partial charge in [-0.2, -0.15) is 0 Å². The predicted octanol–water partition coefficient (Wildman–Crippen LogP) is 5.18. The van der Waals surface area contributed by atoms with Crippen molar-refractivity contribution < 1.29 is 0 Å². The van der Waals surface area contributed by atoms with Crippen molar-refractivity contribution in [1.29, 1.82) is 0 Å². The van der Waals surface area contributed by atoms with Gasteiger partial charge in [0.25, 0.3) is 0 Å². The van der Waals surface area contributed by atoms with E-state index in [1.165, 1.54) is 5.56 Å². The van der Waals surface area contributed by atoms with Crippen molar-refractivity contribution in [3.8, 4) is 0 Å². The third-order valence-corrected chi connectivity index (χ3v) is 4.08. The van der Waals surface area contributed by atoms with Crippen molar-refractivity contribution >= 4 is 34.6 Å². The largest absolute Gasteiger partial charge is 0.397 e. The van der Waals surface area contributed by atoms with Crippen LogP contribution in [-0.2, 0) is 0 Å². The molecule has 2 aromatic carbocycles. The Morgan fingerprint density at radius 2 is 1.75 bits per heavy atom. The average molecular weight is 309 g/mol. The molecule has 1 unspecified atom stereocenters. The molecule has 0 saturated heterocycles. The predicted molar refractivity (Wildman–Crippen MR) is 88.8 cm³/mol. The average Bonchev–Trinajstić information content (AvgIpc) is 2.45. The lowest BCUT2D eigenvalue weighted by molar-refractivity contribution is 0.706. The molecule has 0 spiro atoms. The lowest BCUT2D eigenvalue weighted by atomic mass is 9.98. The van der Waals surface area contributed by atoms with Gasteiger partial charge in [-0.15, -0.1) is 0 Å². The first kappa shape index (κ1) is 15.0. The number of anilines is 2. The maximum Gasteiger partial charge on any atom is 0.0614 e. The van der Waals surface area contributed by atoms with E-state index in [-0.39, 0.29) is 0 Å². The fourth-order valence-electron chi connectivity index (χ4n) is 2.09. The van der Waals surface area contributed by atoms with Gasteiger partial charge in [0.1, 0.15) is 0 Å². The Morgan fingerprint density at radius 3 is 2.45 bits per heavy atom. The molecule has 0 aliphatic rings. The van der Waals surface area contributed by atoms with Crippen molar-refractivity contribution in [2.24, 2.45) is 0 Å². The van der Waals surface area contributed by atoms with E-state index in [0.717, 1.165) is 18.7 Å². The summed E-state index contributed by atoms with van der Waals surface area (Å²) in [5.41, 5.74) is 8.71. The van der Waals surface area contributed by atoms with Crippen molar-refractivity contribution in [3.63, 3.8) is 0 Å². The van der Waals surface area contributed by atoms with E-state index in [1.54, 1.807) is 12.1 Å². The number of nitrogens with one attached hydrogen (secondary N) is 1. The fraction of sp³-hybridized carbons (Fsp3) is 0.250. The van der Waals surface area contributed by atoms with Crippen LogP contribution in [0.1, 0.15) is 24.8 Å². The van der Waals surface area contributed by atoms with Crippen molar-refractivity contribution in [2.75, 3.05) is 17.6 Å². The van der Waals surface area contributed by atoms with E-state index in [2.05, 4.69) is 36.5 Å². The Morgan fingerprint density at radius 1 is 1.10 bits per heavy atom. The maximum absolute atomic E-state index is 6.00. The summed E-state index contributed by atoms with van der Waals surface area (Å²) in [6.07, 6.45) is 1.02. The molecule has 2 rings (SSSR count). The second-order valence-corrected chi connectivity index (χ2v) is 5.70. The van der Waals surface area contributed by atoms with E-state index in [4.69, 9.17) is 28.9 Å². The third-order valence-electron chi connectivity index (χ3n) is 3.35. The zero-order chi connectivity index (χ0) is 14.5. The smallest absolute Gasteiger partial charge is 0.0614 e. The van der Waals surface area contributed by atoms with E-state index in [9.17, 15) is 0 Å². The number of halogens is 2. The molecule has 0 aromatic heterocycles. The van der Waals surface area contributed by atoms with E-state index < -0.39 is 0 Å². The van der Waals surface area contributed by atoms with Crippen LogP contribution in [0, 0.1) is 0 Å². The lowest BCUT2D eigenvalue weighted by Crippen LogP contribution is -2.07. The first-order chi connectivity index (χ1) is 9.58. The summed E-state index contributed by atoms with van der Waals surface area (Å²) in [6, 6.07) is 13.9. The standard InChI is InChI=1S/C16H18Cl2N2/c1-11(12-5-3-2-4-6-12)7-8-20-16-10-14(18)13(17)9-15(16)19/h2-6,9-11,20H,7-8,19H2,1H3. The summed E-state index contributed by atoms with van der Waals surface area (Å²) in [5, 5.41) is 4.31. The minimum Gasteiger partial charge on any atom is -0.397 e. The maximum atomic E-state index is 6.00. The van der Waals surface area contributed by atoms with Gasteiger partial charge < -0.3 is 11.1 Å². The molecule has 106 valence electrons. The molecule has 0 aliphatic heterocycles. The van der Waals surface area contributed by atoms with Gasteiger partial charge in [0.15, 0.2) is 0 Å². The van der Waals surface area contributed by atoms with Crippen LogP contribution in [-0.4, -0.2) is 6.54 Å². The van der Waals surface area contributed by atoms with Gasteiger partial charge in [0.05, 0.1) is 21.4 Å². The van der Waals surface area contributed by atoms with Crippen molar-refractivity contribution in [1.82, 2.24) is 0 Å². The van der Waals surface area contributed by atoms with Gasteiger partial charge in [-0.05, 0) is 30.0 Å². The van der Waals surface area contributed by atoms with Gasteiger partial charge >= 0.3 is 0 Å². The number of benzene rings is 2. The third kappa shape index (κ3) is 3.81. The molecule has 1 atom stereocenters. The summed E-state index contributed by atoms with van der Waals surface area (Å²) in [6.45, 7) is 3.05.